The summed E-state index contributed by atoms with van der Waals surface area (Å²) < 4.78 is 0. The molecule has 2 aromatic carbocycles. The van der Waals surface area contributed by atoms with Crippen molar-refractivity contribution in [2.45, 2.75) is 37.9 Å². The summed E-state index contributed by atoms with van der Waals surface area (Å²) in [6.07, 6.45) is 3.04. The van der Waals surface area contributed by atoms with E-state index in [1.54, 1.807) is 12.1 Å². The molecule has 2 saturated heterocycles. The van der Waals surface area contributed by atoms with E-state index in [2.05, 4.69) is 10.2 Å². The minimum Gasteiger partial charge on any atom is -0.393 e. The average molecular weight is 511 g/mol. The van der Waals surface area contributed by atoms with Crippen molar-refractivity contribution in [3.05, 3.63) is 61.6 Å². The average Bonchev–Trinajstić information content (AvgIpc) is 2.80. The predicted molar refractivity (Wildman–Crippen MR) is 136 cm³/mol. The minimum absolute atomic E-state index is 0.0266. The van der Waals surface area contributed by atoms with Crippen LogP contribution in [0.2, 0.25) is 5.02 Å². The van der Waals surface area contributed by atoms with Crippen molar-refractivity contribution < 1.29 is 20.1 Å². The Kier molecular flexibility index (Phi) is 10.9. The molecule has 2 fully saturated rings. The van der Waals surface area contributed by atoms with Gasteiger partial charge in [-0.1, -0.05) is 11.6 Å². The Morgan fingerprint density at radius 1 is 0.857 bits per heavy atom. The van der Waals surface area contributed by atoms with Gasteiger partial charge in [-0.2, -0.15) is 0 Å². The zero-order valence-electron chi connectivity index (χ0n) is 19.2. The van der Waals surface area contributed by atoms with Crippen LogP contribution in [0, 0.1) is 20.2 Å². The summed E-state index contributed by atoms with van der Waals surface area (Å²) in [5.74, 6) is 0. The molecule has 7 N–H and O–H groups in total. The topological polar surface area (TPSA) is 194 Å². The molecule has 13 heteroatoms. The molecule has 0 radical (unpaired) electrons. The zero-order valence-corrected chi connectivity index (χ0v) is 19.9. The van der Waals surface area contributed by atoms with Crippen LogP contribution in [0.25, 0.3) is 0 Å². The number of piperidine rings is 2. The van der Waals surface area contributed by atoms with Crippen molar-refractivity contribution in [2.75, 3.05) is 42.5 Å². The summed E-state index contributed by atoms with van der Waals surface area (Å²) >= 11 is 5.52. The fourth-order valence-electron chi connectivity index (χ4n) is 3.53. The first-order chi connectivity index (χ1) is 16.6. The van der Waals surface area contributed by atoms with Crippen LogP contribution in [0.15, 0.2) is 36.4 Å². The van der Waals surface area contributed by atoms with Crippen molar-refractivity contribution in [3.8, 4) is 0 Å². The Morgan fingerprint density at radius 2 is 1.34 bits per heavy atom. The summed E-state index contributed by atoms with van der Waals surface area (Å²) in [4.78, 5) is 21.9. The molecule has 0 amide bonds. The maximum atomic E-state index is 10.6. The minimum atomic E-state index is -0.550. The Hall–Kier alpha value is -3.19. The second-order valence-electron chi connectivity index (χ2n) is 8.16. The van der Waals surface area contributed by atoms with Crippen LogP contribution in [-0.4, -0.2) is 58.4 Å². The molecule has 2 heterocycles. The summed E-state index contributed by atoms with van der Waals surface area (Å²) in [5, 5.41) is 42.7. The van der Waals surface area contributed by atoms with Gasteiger partial charge in [0.1, 0.15) is 11.4 Å². The van der Waals surface area contributed by atoms with Crippen LogP contribution in [0.3, 0.4) is 0 Å². The van der Waals surface area contributed by atoms with Crippen LogP contribution < -0.4 is 21.7 Å². The van der Waals surface area contributed by atoms with Gasteiger partial charge in [-0.25, -0.2) is 0 Å². The summed E-state index contributed by atoms with van der Waals surface area (Å²) in [7, 11) is 0. The maximum Gasteiger partial charge on any atom is 0.292 e. The van der Waals surface area contributed by atoms with E-state index in [1.165, 1.54) is 24.3 Å². The van der Waals surface area contributed by atoms with Crippen LogP contribution in [0.1, 0.15) is 25.7 Å². The second kappa shape index (κ2) is 13.6. The monoisotopic (exact) mass is 510 g/mol. The van der Waals surface area contributed by atoms with Gasteiger partial charge in [-0.05, 0) is 63.0 Å². The van der Waals surface area contributed by atoms with E-state index in [9.17, 15) is 25.3 Å². The van der Waals surface area contributed by atoms with E-state index in [4.69, 9.17) is 28.2 Å². The molecule has 0 aromatic heterocycles. The number of hydrogen-bond donors (Lipinski definition) is 5. The fourth-order valence-corrected chi connectivity index (χ4v) is 3.71. The number of anilines is 3. The van der Waals surface area contributed by atoms with Gasteiger partial charge in [0.05, 0.1) is 22.1 Å². The number of benzene rings is 2. The van der Waals surface area contributed by atoms with Crippen molar-refractivity contribution in [2.24, 2.45) is 0 Å². The molecule has 35 heavy (non-hydrogen) atoms. The molecule has 0 bridgehead atoms. The third kappa shape index (κ3) is 9.17. The highest BCUT2D eigenvalue weighted by molar-refractivity contribution is 6.30. The van der Waals surface area contributed by atoms with E-state index >= 15 is 0 Å². The molecule has 2 aliphatic rings. The number of nitrogens with zero attached hydrogens (tertiary/aromatic N) is 3. The number of nitrogen functional groups attached to an aromatic ring is 2. The highest BCUT2D eigenvalue weighted by atomic mass is 35.5. The van der Waals surface area contributed by atoms with E-state index in [1.807, 2.05) is 0 Å². The molecule has 0 spiro atoms. The van der Waals surface area contributed by atoms with E-state index in [0.717, 1.165) is 57.5 Å². The number of aliphatic hydroxyl groups excluding tert-OH is 2. The Bertz CT molecular complexity index is 996. The molecule has 2 aromatic rings. The molecule has 4 rings (SSSR count). The van der Waals surface area contributed by atoms with Crippen LogP contribution >= 0.6 is 11.6 Å². The Balaban J connectivity index is 0.000000205. The smallest absolute Gasteiger partial charge is 0.292 e. The number of nitrogens with one attached hydrogen (secondary N) is 1. The van der Waals surface area contributed by atoms with Gasteiger partial charge in [0, 0.05) is 35.9 Å². The molecule has 192 valence electrons. The van der Waals surface area contributed by atoms with E-state index < -0.39 is 9.85 Å². The summed E-state index contributed by atoms with van der Waals surface area (Å²) in [6, 6.07) is 8.80. The van der Waals surface area contributed by atoms with Gasteiger partial charge in [0.15, 0.2) is 0 Å². The van der Waals surface area contributed by atoms with E-state index in [-0.39, 0.29) is 35.0 Å². The molecule has 0 unspecified atom stereocenters. The lowest BCUT2D eigenvalue weighted by molar-refractivity contribution is -0.384. The van der Waals surface area contributed by atoms with E-state index in [0.29, 0.717) is 5.02 Å². The largest absolute Gasteiger partial charge is 0.393 e. The number of nitro groups is 2. The van der Waals surface area contributed by atoms with Crippen LogP contribution in [-0.2, 0) is 0 Å². The lowest BCUT2D eigenvalue weighted by Gasteiger charge is -2.31. The number of nitrogens with two attached hydrogens (primary N) is 2. The van der Waals surface area contributed by atoms with Gasteiger partial charge in [0.25, 0.3) is 11.4 Å². The Morgan fingerprint density at radius 3 is 1.77 bits per heavy atom. The molecule has 12 nitrogen and oxygen atoms in total. The Labute approximate surface area is 207 Å². The first kappa shape index (κ1) is 28.1. The number of aliphatic hydroxyl groups is 2. The number of nitro benzene ring substituents is 2. The van der Waals surface area contributed by atoms with Crippen molar-refractivity contribution in [1.29, 1.82) is 0 Å². The van der Waals surface area contributed by atoms with Crippen LogP contribution in [0.4, 0.5) is 28.4 Å². The molecular formula is C22H31ClN6O6. The van der Waals surface area contributed by atoms with Crippen LogP contribution in [0.5, 0.6) is 0 Å². The third-order valence-electron chi connectivity index (χ3n) is 5.53. The number of rotatable bonds is 3. The second-order valence-corrected chi connectivity index (χ2v) is 8.60. The highest BCUT2D eigenvalue weighted by Gasteiger charge is 2.19. The predicted octanol–water partition coefficient (Wildman–Crippen LogP) is 2.70. The van der Waals surface area contributed by atoms with Gasteiger partial charge in [-0.15, -0.1) is 0 Å². The van der Waals surface area contributed by atoms with Gasteiger partial charge in [-0.3, -0.25) is 20.2 Å². The lowest BCUT2D eigenvalue weighted by atomic mass is 10.1. The summed E-state index contributed by atoms with van der Waals surface area (Å²) in [6.45, 7) is 3.47. The van der Waals surface area contributed by atoms with Crippen molar-refractivity contribution >= 4 is 40.0 Å². The van der Waals surface area contributed by atoms with Crippen molar-refractivity contribution in [1.82, 2.24) is 5.32 Å². The van der Waals surface area contributed by atoms with Crippen molar-refractivity contribution in [3.63, 3.8) is 0 Å². The first-order valence-corrected chi connectivity index (χ1v) is 11.5. The van der Waals surface area contributed by atoms with Gasteiger partial charge < -0.3 is 31.9 Å². The lowest BCUT2D eigenvalue weighted by Crippen LogP contribution is -2.35. The molecule has 0 atom stereocenters. The molecule has 2 aliphatic heterocycles. The number of hydrogen-bond acceptors (Lipinski definition) is 10. The zero-order chi connectivity index (χ0) is 26.0. The highest BCUT2D eigenvalue weighted by Crippen LogP contribution is 2.28. The maximum absolute atomic E-state index is 10.6. The quantitative estimate of drug-likeness (QED) is 0.232. The molecule has 0 saturated carbocycles. The SMILES string of the molecule is Nc1cc(Cl)ccc1[N+](=O)[O-].Nc1cc(N2CCC(O)CC2)ccc1[N+](=O)[O-].OC1CCNCC1. The number of halogens is 1. The fraction of sp³-hybridized carbons (Fsp3) is 0.455. The standard InChI is InChI=1S/C11H15N3O3.C6H5ClN2O2.C5H11NO/c12-10-7-8(1-2-11(10)14(16)17)13-5-3-9(15)4-6-13;7-4-1-2-6(9(10)11)5(8)3-4;7-5-1-3-6-4-2-5/h1-2,7,9,15H,3-6,12H2;1-3H,8H2;5-7H,1-4H2. The molecule has 0 aliphatic carbocycles. The van der Waals surface area contributed by atoms with Gasteiger partial charge in [0.2, 0.25) is 0 Å². The summed E-state index contributed by atoms with van der Waals surface area (Å²) in [5.41, 5.74) is 11.9. The molecular weight excluding hydrogens is 480 g/mol. The third-order valence-corrected chi connectivity index (χ3v) is 5.77. The normalized spacial score (nSPS) is 16.4. The van der Waals surface area contributed by atoms with Gasteiger partial charge >= 0.3 is 0 Å². The first-order valence-electron chi connectivity index (χ1n) is 11.1.